The summed E-state index contributed by atoms with van der Waals surface area (Å²) in [6, 6.07) is 12.4. The predicted molar refractivity (Wildman–Crippen MR) is 164 cm³/mol. The molecule has 0 saturated carbocycles. The standard InChI is InChI=1S/C26H19N5O13S4.4Na/c27-20-12-18-13(9-23(20)47(39,40)41)10-24(48(42,43)44)25(26(18)32)31-30-22-8-7-21(17-6-5-16(11-19(17)22)46(36,37)38)29-28-14-1-3-15(4-2-14)45(33,34)35;;;;/h1-12,32H,27H2,(H,33,34,35)(H,36,37,38)(H,39,40,41)(H,42,43,44);;;;/q;4*+1/p-2. The summed E-state index contributed by atoms with van der Waals surface area (Å²) in [6.07, 6.45) is 0. The Morgan fingerprint density at radius 2 is 1.02 bits per heavy atom. The maximum atomic E-state index is 12.3. The Kier molecular flexibility index (Phi) is 17.3. The first-order valence-corrected chi connectivity index (χ1v) is 18.3. The maximum Gasteiger partial charge on any atom is 1.00 e. The van der Waals surface area contributed by atoms with Gasteiger partial charge in [0.25, 0.3) is 20.2 Å². The molecule has 0 atom stereocenters. The number of phenolic OH excluding ortho intramolecular Hbond substituents is 1. The SMILES string of the molecule is Nc1cc2c(O)c(N=Nc3ccc(N=Nc4ccc(S(=O)(=O)[O-])cc4)c4ccc(S(=O)(=O)[O-])cc34)c(S(=O)(=O)O)cc2cc1S(=O)(=O)O.[Na+].[Na+].[Na+].[Na+]. The molecule has 0 unspecified atom stereocenters. The average Bonchev–Trinajstić information content (AvgIpc) is 2.97. The van der Waals surface area contributed by atoms with Gasteiger partial charge in [-0.1, -0.05) is 6.07 Å². The zero-order valence-electron chi connectivity index (χ0n) is 27.4. The van der Waals surface area contributed by atoms with Crippen LogP contribution in [0, 0.1) is 0 Å². The molecule has 5 N–H and O–H groups in total. The van der Waals surface area contributed by atoms with Crippen molar-refractivity contribution in [2.75, 3.05) is 5.73 Å². The molecule has 0 spiro atoms. The summed E-state index contributed by atoms with van der Waals surface area (Å²) in [5.74, 6) is -0.939. The van der Waals surface area contributed by atoms with Gasteiger partial charge in [-0.05, 0) is 72.1 Å². The van der Waals surface area contributed by atoms with Crippen LogP contribution >= 0.6 is 0 Å². The number of phenols is 1. The van der Waals surface area contributed by atoms with E-state index in [2.05, 4.69) is 20.5 Å². The molecule has 5 aromatic carbocycles. The Hall–Kier alpha value is -0.940. The molecule has 0 amide bonds. The zero-order chi connectivity index (χ0) is 35.4. The van der Waals surface area contributed by atoms with Gasteiger partial charge in [0.1, 0.15) is 35.7 Å². The van der Waals surface area contributed by atoms with Gasteiger partial charge in [-0.2, -0.15) is 21.9 Å². The second kappa shape index (κ2) is 18.3. The Morgan fingerprint density at radius 1 is 0.538 bits per heavy atom. The van der Waals surface area contributed by atoms with E-state index >= 15 is 0 Å². The van der Waals surface area contributed by atoms with Crippen molar-refractivity contribution in [3.63, 3.8) is 0 Å². The third-order valence-corrected chi connectivity index (χ3v) is 10.1. The van der Waals surface area contributed by atoms with Gasteiger partial charge in [-0.3, -0.25) is 9.11 Å². The first-order valence-electron chi connectivity index (χ1n) is 12.6. The molecule has 0 radical (unpaired) electrons. The molecule has 0 bridgehead atoms. The van der Waals surface area contributed by atoms with Gasteiger partial charge in [0, 0.05) is 16.2 Å². The molecule has 18 nitrogen and oxygen atoms in total. The van der Waals surface area contributed by atoms with E-state index in [1.165, 1.54) is 30.3 Å². The minimum Gasteiger partial charge on any atom is -0.744 e. The average molecular weight is 828 g/mol. The number of nitrogens with zero attached hydrogens (tertiary/aromatic N) is 4. The fourth-order valence-electron chi connectivity index (χ4n) is 4.43. The van der Waals surface area contributed by atoms with E-state index in [-0.39, 0.29) is 157 Å². The number of azo groups is 2. The van der Waals surface area contributed by atoms with E-state index in [0.717, 1.165) is 42.5 Å². The van der Waals surface area contributed by atoms with Crippen molar-refractivity contribution < 1.29 is 175 Å². The van der Waals surface area contributed by atoms with E-state index in [1.54, 1.807) is 0 Å². The second-order valence-corrected chi connectivity index (χ2v) is 15.3. The Labute approximate surface area is 384 Å². The van der Waals surface area contributed by atoms with Gasteiger partial charge in [-0.25, -0.2) is 16.8 Å². The summed E-state index contributed by atoms with van der Waals surface area (Å²) in [5, 5.41) is 26.1. The molecule has 5 rings (SSSR count). The Morgan fingerprint density at radius 3 is 1.54 bits per heavy atom. The molecular weight excluding hydrogens is 811 g/mol. The molecule has 0 aliphatic carbocycles. The van der Waals surface area contributed by atoms with Gasteiger partial charge < -0.3 is 19.9 Å². The summed E-state index contributed by atoms with van der Waals surface area (Å²) >= 11 is 0. The first kappa shape index (κ1) is 49.1. The molecule has 0 saturated heterocycles. The van der Waals surface area contributed by atoms with E-state index in [1.807, 2.05) is 0 Å². The topological polar surface area (TPSA) is 319 Å². The van der Waals surface area contributed by atoms with Crippen LogP contribution < -0.4 is 124 Å². The van der Waals surface area contributed by atoms with Crippen molar-refractivity contribution in [3.05, 3.63) is 72.8 Å². The molecule has 0 fully saturated rings. The molecule has 52 heavy (non-hydrogen) atoms. The van der Waals surface area contributed by atoms with Crippen LogP contribution in [0.3, 0.4) is 0 Å². The number of aromatic hydroxyl groups is 1. The summed E-state index contributed by atoms with van der Waals surface area (Å²) < 4.78 is 136. The fourth-order valence-corrected chi connectivity index (χ4v) is 6.68. The minimum absolute atomic E-state index is 0. The van der Waals surface area contributed by atoms with E-state index in [4.69, 9.17) is 5.73 Å². The van der Waals surface area contributed by atoms with Crippen LogP contribution in [-0.2, 0) is 40.5 Å². The molecule has 26 heteroatoms. The number of nitrogens with two attached hydrogens (primary N) is 1. The summed E-state index contributed by atoms with van der Waals surface area (Å²) in [7, 11) is -19.8. The van der Waals surface area contributed by atoms with Crippen molar-refractivity contribution >= 4 is 90.5 Å². The summed E-state index contributed by atoms with van der Waals surface area (Å²) in [6.45, 7) is 0. The van der Waals surface area contributed by atoms with Crippen molar-refractivity contribution in [1.29, 1.82) is 0 Å². The smallest absolute Gasteiger partial charge is 0.744 e. The number of hydrogen-bond acceptors (Lipinski definition) is 16. The Bertz CT molecular complexity index is 2700. The second-order valence-electron chi connectivity index (χ2n) is 9.75. The molecule has 0 aliphatic rings. The third-order valence-electron chi connectivity index (χ3n) is 6.62. The monoisotopic (exact) mass is 827 g/mol. The van der Waals surface area contributed by atoms with Gasteiger partial charge in [-0.15, -0.1) is 15.3 Å². The summed E-state index contributed by atoms with van der Waals surface area (Å²) in [4.78, 5) is -3.07. The zero-order valence-corrected chi connectivity index (χ0v) is 38.6. The number of hydrogen-bond donors (Lipinski definition) is 4. The number of nitrogen functional groups attached to an aromatic ring is 1. The number of fused-ring (bicyclic) bond motifs is 2. The van der Waals surface area contributed by atoms with Crippen LogP contribution in [0.4, 0.5) is 28.4 Å². The van der Waals surface area contributed by atoms with Crippen LogP contribution in [0.1, 0.15) is 0 Å². The Balaban J connectivity index is 0.00000338. The van der Waals surface area contributed by atoms with Crippen molar-refractivity contribution in [3.8, 4) is 5.75 Å². The molecule has 0 aliphatic heterocycles. The fraction of sp³-hybridized carbons (Fsp3) is 0. The van der Waals surface area contributed by atoms with E-state index < -0.39 is 77.2 Å². The molecule has 0 heterocycles. The normalized spacial score (nSPS) is 12.2. The number of benzene rings is 5. The molecule has 0 aromatic heterocycles. The van der Waals surface area contributed by atoms with Gasteiger partial charge >= 0.3 is 118 Å². The van der Waals surface area contributed by atoms with Crippen LogP contribution in [0.25, 0.3) is 21.5 Å². The molecular formula is C26H17N5Na4O13S4+2. The molecule has 5 aromatic rings. The van der Waals surface area contributed by atoms with Crippen LogP contribution in [-0.4, -0.2) is 57.0 Å². The van der Waals surface area contributed by atoms with Crippen LogP contribution in [0.15, 0.2) is 113 Å². The van der Waals surface area contributed by atoms with Gasteiger partial charge in [0.05, 0.1) is 32.5 Å². The summed E-state index contributed by atoms with van der Waals surface area (Å²) in [5.41, 5.74) is 4.29. The third kappa shape index (κ3) is 11.1. The van der Waals surface area contributed by atoms with Crippen molar-refractivity contribution in [2.24, 2.45) is 20.5 Å². The van der Waals surface area contributed by atoms with Crippen LogP contribution in [0.5, 0.6) is 5.75 Å². The number of anilines is 1. The minimum atomic E-state index is -5.19. The largest absolute Gasteiger partial charge is 1.00 e. The maximum absolute atomic E-state index is 12.3. The van der Waals surface area contributed by atoms with E-state index in [9.17, 15) is 57.0 Å². The van der Waals surface area contributed by atoms with Crippen molar-refractivity contribution in [1.82, 2.24) is 0 Å². The van der Waals surface area contributed by atoms with Crippen molar-refractivity contribution in [2.45, 2.75) is 19.6 Å². The van der Waals surface area contributed by atoms with Crippen LogP contribution in [0.2, 0.25) is 0 Å². The first-order chi connectivity index (χ1) is 22.1. The predicted octanol–water partition coefficient (Wildman–Crippen LogP) is -7.57. The molecule has 250 valence electrons. The quantitative estimate of drug-likeness (QED) is 0.0489. The number of rotatable bonds is 8. The van der Waals surface area contributed by atoms with Gasteiger partial charge in [0.15, 0.2) is 5.75 Å². The van der Waals surface area contributed by atoms with Gasteiger partial charge in [0.2, 0.25) is 0 Å². The van der Waals surface area contributed by atoms with E-state index in [0.29, 0.717) is 0 Å².